The monoisotopic (exact) mass is 218 g/mol. The SMILES string of the molecule is IC1=CC=NC=C=N1. The Balaban J connectivity index is 2.94. The molecule has 0 saturated carbocycles. The molecule has 0 aromatic heterocycles. The van der Waals surface area contributed by atoms with Gasteiger partial charge in [0.25, 0.3) is 0 Å². The third kappa shape index (κ3) is 1.60. The van der Waals surface area contributed by atoms with E-state index < -0.39 is 0 Å². The van der Waals surface area contributed by atoms with Crippen molar-refractivity contribution in [3.05, 3.63) is 16.0 Å². The average Bonchev–Trinajstić information content (AvgIpc) is 1.94. The Bertz CT molecular complexity index is 196. The summed E-state index contributed by atoms with van der Waals surface area (Å²) in [6.07, 6.45) is 5.03. The third-order valence-corrected chi connectivity index (χ3v) is 1.20. The van der Waals surface area contributed by atoms with E-state index in [2.05, 4.69) is 38.4 Å². The number of hydrogen-bond acceptors (Lipinski definition) is 2. The normalized spacial score (nSPS) is 15.9. The lowest BCUT2D eigenvalue weighted by molar-refractivity contribution is 1.60. The van der Waals surface area contributed by atoms with Crippen LogP contribution in [0.25, 0.3) is 0 Å². The molecule has 1 aliphatic rings. The predicted molar refractivity (Wildman–Crippen MR) is 42.6 cm³/mol. The van der Waals surface area contributed by atoms with Gasteiger partial charge < -0.3 is 0 Å². The molecule has 0 radical (unpaired) electrons. The summed E-state index contributed by atoms with van der Waals surface area (Å²) in [5, 5.41) is 0. The molecule has 0 aromatic rings. The van der Waals surface area contributed by atoms with Gasteiger partial charge in [-0.15, -0.1) is 0 Å². The molecule has 40 valence electrons. The minimum atomic E-state index is 0.903. The van der Waals surface area contributed by atoms with Gasteiger partial charge in [-0.3, -0.25) is 4.99 Å². The lowest BCUT2D eigenvalue weighted by Crippen LogP contribution is -1.60. The highest BCUT2D eigenvalue weighted by Gasteiger charge is 1.80. The van der Waals surface area contributed by atoms with Crippen LogP contribution in [0, 0.1) is 0 Å². The van der Waals surface area contributed by atoms with Crippen LogP contribution in [-0.2, 0) is 0 Å². The van der Waals surface area contributed by atoms with Crippen LogP contribution in [-0.4, -0.2) is 12.1 Å². The van der Waals surface area contributed by atoms with Gasteiger partial charge in [0, 0.05) is 12.1 Å². The van der Waals surface area contributed by atoms with Gasteiger partial charge in [0.2, 0.25) is 0 Å². The molecule has 0 atom stereocenters. The fourth-order valence-corrected chi connectivity index (χ4v) is 0.609. The van der Waals surface area contributed by atoms with E-state index in [-0.39, 0.29) is 0 Å². The first kappa shape index (κ1) is 5.72. The van der Waals surface area contributed by atoms with Crippen LogP contribution in [0.4, 0.5) is 0 Å². The maximum absolute atomic E-state index is 3.84. The van der Waals surface area contributed by atoms with E-state index in [0.717, 1.165) is 3.70 Å². The van der Waals surface area contributed by atoms with Crippen LogP contribution >= 0.6 is 22.6 Å². The molecule has 0 fully saturated rings. The first-order valence-corrected chi connectivity index (χ1v) is 3.14. The van der Waals surface area contributed by atoms with Crippen molar-refractivity contribution in [3.8, 4) is 0 Å². The second-order valence-electron chi connectivity index (χ2n) is 1.16. The molecular formula is C5H3IN2. The summed E-state index contributed by atoms with van der Waals surface area (Å²) < 4.78 is 0.903. The number of allylic oxidation sites excluding steroid dienone is 1. The molecule has 0 unspecified atom stereocenters. The van der Waals surface area contributed by atoms with Crippen LogP contribution in [0.2, 0.25) is 0 Å². The summed E-state index contributed by atoms with van der Waals surface area (Å²) in [5.41, 5.74) is 0. The van der Waals surface area contributed by atoms with E-state index in [9.17, 15) is 0 Å². The summed E-state index contributed by atoms with van der Waals surface area (Å²) in [5.74, 6) is 2.62. The zero-order valence-electron chi connectivity index (χ0n) is 4.00. The lowest BCUT2D eigenvalue weighted by atomic mass is 10.7. The number of nitrogens with zero attached hydrogens (tertiary/aromatic N) is 2. The molecule has 1 heterocycles. The molecule has 8 heavy (non-hydrogen) atoms. The minimum Gasteiger partial charge on any atom is -0.255 e. The average molecular weight is 218 g/mol. The fraction of sp³-hybridized carbons (Fsp3) is 0. The van der Waals surface area contributed by atoms with Gasteiger partial charge >= 0.3 is 0 Å². The Morgan fingerprint density at radius 3 is 3.38 bits per heavy atom. The summed E-state index contributed by atoms with van der Waals surface area (Å²) in [6.45, 7) is 0. The predicted octanol–water partition coefficient (Wildman–Crippen LogP) is 1.53. The molecule has 0 aliphatic carbocycles. The Morgan fingerprint density at radius 2 is 2.50 bits per heavy atom. The Hall–Kier alpha value is -0.410. The van der Waals surface area contributed by atoms with Gasteiger partial charge in [0.15, 0.2) is 0 Å². The van der Waals surface area contributed by atoms with Crippen LogP contribution in [0.5, 0.6) is 0 Å². The molecule has 0 N–H and O–H groups in total. The van der Waals surface area contributed by atoms with Gasteiger partial charge in [-0.05, 0) is 28.7 Å². The molecule has 0 bridgehead atoms. The van der Waals surface area contributed by atoms with Gasteiger partial charge in [-0.2, -0.15) is 4.99 Å². The highest BCUT2D eigenvalue weighted by atomic mass is 127. The van der Waals surface area contributed by atoms with Crippen molar-refractivity contribution < 1.29 is 0 Å². The standard InChI is InChI=1S/C5H3IN2/c6-5-1-2-7-3-4-8-5/h1-3H. The number of aliphatic imine (C=N–C) groups is 2. The molecule has 2 nitrogen and oxygen atoms in total. The number of hydrogen-bond donors (Lipinski definition) is 0. The van der Waals surface area contributed by atoms with Crippen molar-refractivity contribution in [1.82, 2.24) is 0 Å². The zero-order valence-corrected chi connectivity index (χ0v) is 6.16. The van der Waals surface area contributed by atoms with Gasteiger partial charge in [0.1, 0.15) is 3.70 Å². The summed E-state index contributed by atoms with van der Waals surface area (Å²) in [4.78, 5) is 7.63. The van der Waals surface area contributed by atoms with Gasteiger partial charge in [-0.25, -0.2) is 0 Å². The highest BCUT2D eigenvalue weighted by molar-refractivity contribution is 14.1. The molecule has 0 aromatic carbocycles. The van der Waals surface area contributed by atoms with Crippen LogP contribution in [0.3, 0.4) is 0 Å². The second-order valence-corrected chi connectivity index (χ2v) is 2.26. The topological polar surface area (TPSA) is 24.7 Å². The zero-order chi connectivity index (χ0) is 5.82. The van der Waals surface area contributed by atoms with Crippen molar-refractivity contribution in [2.45, 2.75) is 0 Å². The fourth-order valence-electron chi connectivity index (χ4n) is 0.309. The number of halogens is 1. The van der Waals surface area contributed by atoms with Crippen molar-refractivity contribution in [2.75, 3.05) is 0 Å². The first-order chi connectivity index (χ1) is 3.89. The Labute approximate surface area is 60.9 Å². The van der Waals surface area contributed by atoms with Gasteiger partial charge in [-0.1, -0.05) is 0 Å². The van der Waals surface area contributed by atoms with E-state index >= 15 is 0 Å². The molecule has 0 spiro atoms. The second kappa shape index (κ2) is 2.79. The van der Waals surface area contributed by atoms with E-state index in [4.69, 9.17) is 0 Å². The summed E-state index contributed by atoms with van der Waals surface area (Å²) in [6, 6.07) is 0. The van der Waals surface area contributed by atoms with Crippen LogP contribution in [0.15, 0.2) is 26.0 Å². The van der Waals surface area contributed by atoms with E-state index in [0.29, 0.717) is 0 Å². The molecule has 0 saturated heterocycles. The molecular weight excluding hydrogens is 215 g/mol. The van der Waals surface area contributed by atoms with Gasteiger partial charge in [0.05, 0.1) is 6.20 Å². The Kier molecular flexibility index (Phi) is 2.00. The van der Waals surface area contributed by atoms with Crippen molar-refractivity contribution >= 4 is 34.7 Å². The maximum Gasteiger partial charge on any atom is 0.112 e. The van der Waals surface area contributed by atoms with Crippen molar-refractivity contribution in [3.63, 3.8) is 0 Å². The summed E-state index contributed by atoms with van der Waals surface area (Å²) >= 11 is 2.10. The lowest BCUT2D eigenvalue weighted by Gasteiger charge is -1.74. The largest absolute Gasteiger partial charge is 0.255 e. The van der Waals surface area contributed by atoms with Crippen molar-refractivity contribution in [1.29, 1.82) is 0 Å². The molecule has 3 heteroatoms. The maximum atomic E-state index is 3.84. The van der Waals surface area contributed by atoms with E-state index in [1.165, 1.54) is 6.20 Å². The quantitative estimate of drug-likeness (QED) is 0.435. The highest BCUT2D eigenvalue weighted by Crippen LogP contribution is 2.04. The van der Waals surface area contributed by atoms with Crippen LogP contribution in [0.1, 0.15) is 0 Å². The first-order valence-electron chi connectivity index (χ1n) is 2.06. The van der Waals surface area contributed by atoms with E-state index in [1.807, 2.05) is 6.08 Å². The van der Waals surface area contributed by atoms with E-state index in [1.54, 1.807) is 6.21 Å². The smallest absolute Gasteiger partial charge is 0.112 e. The molecule has 1 aliphatic heterocycles. The summed E-state index contributed by atoms with van der Waals surface area (Å²) in [7, 11) is 0. The van der Waals surface area contributed by atoms with Crippen molar-refractivity contribution in [2.24, 2.45) is 9.98 Å². The number of rotatable bonds is 0. The Morgan fingerprint density at radius 1 is 1.62 bits per heavy atom. The third-order valence-electron chi connectivity index (χ3n) is 0.602. The molecule has 1 rings (SSSR count). The minimum absolute atomic E-state index is 0.903. The molecule has 0 amide bonds. The van der Waals surface area contributed by atoms with Crippen LogP contribution < -0.4 is 0 Å².